The predicted octanol–water partition coefficient (Wildman–Crippen LogP) is 2.28. The average Bonchev–Trinajstić information content (AvgIpc) is 3.27. The van der Waals surface area contributed by atoms with E-state index in [-0.39, 0.29) is 19.2 Å². The second-order valence-corrected chi connectivity index (χ2v) is 8.23. The predicted molar refractivity (Wildman–Crippen MR) is 109 cm³/mol. The van der Waals surface area contributed by atoms with E-state index in [1.54, 1.807) is 13.0 Å². The van der Waals surface area contributed by atoms with Gasteiger partial charge in [0.2, 0.25) is 12.7 Å². The Morgan fingerprint density at radius 2 is 2.07 bits per heavy atom. The molecule has 30 heavy (non-hydrogen) atoms. The van der Waals surface area contributed by atoms with Crippen molar-refractivity contribution in [3.63, 3.8) is 0 Å². The SMILES string of the molecule is C[C@@]1(Cc2ccc3c(c2)OCO3)NC(=O)N(CC(=O)NCCC2=CCCCC2)C1=O. The van der Waals surface area contributed by atoms with Gasteiger partial charge in [0.1, 0.15) is 12.1 Å². The second kappa shape index (κ2) is 8.38. The van der Waals surface area contributed by atoms with E-state index in [1.807, 2.05) is 12.1 Å². The van der Waals surface area contributed by atoms with Gasteiger partial charge in [-0.3, -0.25) is 14.5 Å². The minimum absolute atomic E-state index is 0.173. The van der Waals surface area contributed by atoms with Crippen molar-refractivity contribution in [2.24, 2.45) is 0 Å². The van der Waals surface area contributed by atoms with Crippen molar-refractivity contribution in [1.82, 2.24) is 15.5 Å². The van der Waals surface area contributed by atoms with Crippen molar-refractivity contribution in [3.8, 4) is 11.5 Å². The van der Waals surface area contributed by atoms with E-state index in [1.165, 1.54) is 18.4 Å². The highest BCUT2D eigenvalue weighted by atomic mass is 16.7. The van der Waals surface area contributed by atoms with E-state index in [9.17, 15) is 14.4 Å². The number of hydrogen-bond acceptors (Lipinski definition) is 5. The maximum atomic E-state index is 12.9. The number of carbonyl (C=O) groups excluding carboxylic acids is 3. The monoisotopic (exact) mass is 413 g/mol. The maximum Gasteiger partial charge on any atom is 0.325 e. The number of allylic oxidation sites excluding steroid dienone is 1. The number of carbonyl (C=O) groups is 3. The molecule has 4 rings (SSSR count). The van der Waals surface area contributed by atoms with E-state index in [4.69, 9.17) is 9.47 Å². The summed E-state index contributed by atoms with van der Waals surface area (Å²) in [5.41, 5.74) is 1.09. The van der Waals surface area contributed by atoms with Crippen LogP contribution in [0.5, 0.6) is 11.5 Å². The lowest BCUT2D eigenvalue weighted by Crippen LogP contribution is -2.46. The van der Waals surface area contributed by atoms with Crippen molar-refractivity contribution in [2.45, 2.75) is 51.0 Å². The van der Waals surface area contributed by atoms with Gasteiger partial charge in [0, 0.05) is 13.0 Å². The van der Waals surface area contributed by atoms with Crippen molar-refractivity contribution in [1.29, 1.82) is 0 Å². The van der Waals surface area contributed by atoms with E-state index >= 15 is 0 Å². The molecule has 1 atom stereocenters. The molecule has 4 amide bonds. The number of fused-ring (bicyclic) bond motifs is 1. The lowest BCUT2D eigenvalue weighted by molar-refractivity contribution is -0.134. The fourth-order valence-electron chi connectivity index (χ4n) is 4.16. The maximum absolute atomic E-state index is 12.9. The summed E-state index contributed by atoms with van der Waals surface area (Å²) in [6, 6.07) is 4.89. The van der Waals surface area contributed by atoms with Crippen LogP contribution in [0.15, 0.2) is 29.8 Å². The van der Waals surface area contributed by atoms with Crippen molar-refractivity contribution >= 4 is 17.8 Å². The van der Waals surface area contributed by atoms with Crippen LogP contribution >= 0.6 is 0 Å². The van der Waals surface area contributed by atoms with Crippen LogP contribution in [-0.2, 0) is 16.0 Å². The lowest BCUT2D eigenvalue weighted by atomic mass is 9.92. The summed E-state index contributed by atoms with van der Waals surface area (Å²) < 4.78 is 10.7. The van der Waals surface area contributed by atoms with Crippen LogP contribution in [0.2, 0.25) is 0 Å². The minimum Gasteiger partial charge on any atom is -0.454 e. The highest BCUT2D eigenvalue weighted by molar-refractivity contribution is 6.08. The quantitative estimate of drug-likeness (QED) is 0.528. The molecule has 8 nitrogen and oxygen atoms in total. The van der Waals surface area contributed by atoms with Crippen LogP contribution in [0, 0.1) is 0 Å². The van der Waals surface area contributed by atoms with E-state index < -0.39 is 17.5 Å². The zero-order valence-electron chi connectivity index (χ0n) is 17.2. The van der Waals surface area contributed by atoms with Crippen molar-refractivity contribution in [3.05, 3.63) is 35.4 Å². The molecule has 0 saturated carbocycles. The Bertz CT molecular complexity index is 897. The summed E-state index contributed by atoms with van der Waals surface area (Å²) >= 11 is 0. The Kier molecular flexibility index (Phi) is 5.65. The molecule has 1 aromatic rings. The number of ether oxygens (including phenoxy) is 2. The third-order valence-electron chi connectivity index (χ3n) is 5.79. The molecule has 1 fully saturated rings. The first-order chi connectivity index (χ1) is 14.4. The number of urea groups is 1. The number of benzene rings is 1. The molecule has 2 N–H and O–H groups in total. The number of rotatable bonds is 7. The normalized spacial score (nSPS) is 22.7. The highest BCUT2D eigenvalue weighted by Gasteiger charge is 2.48. The number of imide groups is 1. The van der Waals surface area contributed by atoms with Crippen LogP contribution in [-0.4, -0.2) is 48.2 Å². The van der Waals surface area contributed by atoms with Gasteiger partial charge >= 0.3 is 6.03 Å². The molecule has 3 aliphatic rings. The molecule has 1 aromatic carbocycles. The van der Waals surface area contributed by atoms with Crippen molar-refractivity contribution < 1.29 is 23.9 Å². The van der Waals surface area contributed by atoms with Gasteiger partial charge in [-0.25, -0.2) is 4.79 Å². The van der Waals surface area contributed by atoms with Crippen LogP contribution in [0.1, 0.15) is 44.6 Å². The zero-order valence-corrected chi connectivity index (χ0v) is 17.2. The van der Waals surface area contributed by atoms with Gasteiger partial charge in [0.25, 0.3) is 5.91 Å². The topological polar surface area (TPSA) is 97.0 Å². The average molecular weight is 413 g/mol. The molecule has 1 aliphatic carbocycles. The van der Waals surface area contributed by atoms with Crippen LogP contribution in [0.4, 0.5) is 4.79 Å². The molecule has 8 heteroatoms. The summed E-state index contributed by atoms with van der Waals surface area (Å²) in [6.07, 6.45) is 7.97. The molecule has 0 bridgehead atoms. The molecule has 0 unspecified atom stereocenters. The number of amides is 4. The Hall–Kier alpha value is -3.03. The Balaban J connectivity index is 1.32. The third-order valence-corrected chi connectivity index (χ3v) is 5.79. The molecule has 160 valence electrons. The summed E-state index contributed by atoms with van der Waals surface area (Å²) in [7, 11) is 0. The fraction of sp³-hybridized carbons (Fsp3) is 0.500. The Morgan fingerprint density at radius 1 is 1.23 bits per heavy atom. The molecule has 1 saturated heterocycles. The zero-order chi connectivity index (χ0) is 21.1. The largest absolute Gasteiger partial charge is 0.454 e. The van der Waals surface area contributed by atoms with Gasteiger partial charge in [-0.05, 0) is 56.7 Å². The van der Waals surface area contributed by atoms with Gasteiger partial charge in [-0.2, -0.15) is 0 Å². The van der Waals surface area contributed by atoms with E-state index in [0.717, 1.165) is 29.7 Å². The molecule has 0 radical (unpaired) electrons. The summed E-state index contributed by atoms with van der Waals surface area (Å²) in [4.78, 5) is 38.6. The van der Waals surface area contributed by atoms with E-state index in [0.29, 0.717) is 24.5 Å². The van der Waals surface area contributed by atoms with Gasteiger partial charge in [-0.15, -0.1) is 0 Å². The third kappa shape index (κ3) is 4.27. The summed E-state index contributed by atoms with van der Waals surface area (Å²) in [6.45, 7) is 2.08. The Morgan fingerprint density at radius 3 is 2.87 bits per heavy atom. The molecular weight excluding hydrogens is 386 g/mol. The van der Waals surface area contributed by atoms with Gasteiger partial charge in [-0.1, -0.05) is 17.7 Å². The molecule has 0 spiro atoms. The second-order valence-electron chi connectivity index (χ2n) is 8.23. The molecule has 2 heterocycles. The highest BCUT2D eigenvalue weighted by Crippen LogP contribution is 2.34. The van der Waals surface area contributed by atoms with Gasteiger partial charge < -0.3 is 20.1 Å². The van der Waals surface area contributed by atoms with Crippen LogP contribution < -0.4 is 20.1 Å². The van der Waals surface area contributed by atoms with Crippen LogP contribution in [0.25, 0.3) is 0 Å². The summed E-state index contributed by atoms with van der Waals surface area (Å²) in [5.74, 6) is 0.544. The summed E-state index contributed by atoms with van der Waals surface area (Å²) in [5, 5.41) is 5.55. The minimum atomic E-state index is -1.11. The number of nitrogens with zero attached hydrogens (tertiary/aromatic N) is 1. The fourth-order valence-corrected chi connectivity index (χ4v) is 4.16. The first-order valence-electron chi connectivity index (χ1n) is 10.4. The molecule has 0 aromatic heterocycles. The lowest BCUT2D eigenvalue weighted by Gasteiger charge is -2.22. The smallest absolute Gasteiger partial charge is 0.325 e. The molecule has 2 aliphatic heterocycles. The van der Waals surface area contributed by atoms with Gasteiger partial charge in [0.15, 0.2) is 11.5 Å². The van der Waals surface area contributed by atoms with Gasteiger partial charge in [0.05, 0.1) is 0 Å². The number of nitrogens with one attached hydrogen (secondary N) is 2. The first-order valence-corrected chi connectivity index (χ1v) is 10.4. The first kappa shape index (κ1) is 20.3. The van der Waals surface area contributed by atoms with Crippen molar-refractivity contribution in [2.75, 3.05) is 19.9 Å². The van der Waals surface area contributed by atoms with E-state index in [2.05, 4.69) is 16.7 Å². The molecular formula is C22H27N3O5. The number of hydrogen-bond donors (Lipinski definition) is 2. The standard InChI is InChI=1S/C22H27N3O5/c1-22(12-16-7-8-17-18(11-16)30-14-29-17)20(27)25(21(28)24-22)13-19(26)23-10-9-15-5-3-2-4-6-15/h5,7-8,11H,2-4,6,9-10,12-14H2,1H3,(H,23,26)(H,24,28)/t22-/m0/s1. The van der Waals surface area contributed by atoms with Crippen LogP contribution in [0.3, 0.4) is 0 Å². The Labute approximate surface area is 175 Å².